The second-order valence-corrected chi connectivity index (χ2v) is 10.5. The maximum atomic E-state index is 11.6. The molecule has 8 nitrogen and oxygen atoms in total. The van der Waals surface area contributed by atoms with Crippen molar-refractivity contribution in [3.63, 3.8) is 0 Å². The predicted octanol–water partition coefficient (Wildman–Crippen LogP) is 3.86. The van der Waals surface area contributed by atoms with Crippen LogP contribution in [0.3, 0.4) is 0 Å². The van der Waals surface area contributed by atoms with Crippen LogP contribution in [-0.4, -0.2) is 62.1 Å². The van der Waals surface area contributed by atoms with E-state index in [0.717, 1.165) is 25.0 Å². The highest BCUT2D eigenvalue weighted by Crippen LogP contribution is 2.32. The monoisotopic (exact) mass is 500 g/mol. The summed E-state index contributed by atoms with van der Waals surface area (Å²) in [6.07, 6.45) is 3.74. The summed E-state index contributed by atoms with van der Waals surface area (Å²) in [6, 6.07) is 15.6. The predicted molar refractivity (Wildman–Crippen MR) is 142 cm³/mol. The van der Waals surface area contributed by atoms with E-state index in [1.165, 1.54) is 70.3 Å². The summed E-state index contributed by atoms with van der Waals surface area (Å²) in [4.78, 5) is 28.5. The molecular weight excluding hydrogens is 472 g/mol. The quantitative estimate of drug-likeness (QED) is 0.283. The molecule has 184 valence electrons. The first-order valence-electron chi connectivity index (χ1n) is 12.2. The molecule has 2 aromatic heterocycles. The zero-order valence-corrected chi connectivity index (χ0v) is 20.7. The molecule has 2 aliphatic rings. The molecule has 0 aliphatic carbocycles. The number of aromatic nitrogens is 3. The summed E-state index contributed by atoms with van der Waals surface area (Å²) in [7, 11) is 0. The number of carbonyl (C=O) groups excluding carboxylic acids is 1. The first kappa shape index (κ1) is 23.0. The van der Waals surface area contributed by atoms with Crippen LogP contribution in [0, 0.1) is 0 Å². The fourth-order valence-electron chi connectivity index (χ4n) is 5.05. The Labute approximate surface area is 213 Å². The third-order valence-electron chi connectivity index (χ3n) is 7.06. The number of rotatable bonds is 5. The van der Waals surface area contributed by atoms with E-state index >= 15 is 0 Å². The highest BCUT2D eigenvalue weighted by Gasteiger charge is 2.23. The molecule has 0 unspecified atom stereocenters. The SMILES string of the molecule is O=C(NO)c1cnc(N2CCc3[nH]c4ccc(-c5ccc(CN6CCSCC6)cc5)cc4c3C2)nc1. The molecule has 4 heterocycles. The molecule has 1 amide bonds. The van der Waals surface area contributed by atoms with Gasteiger partial charge in [0.05, 0.1) is 5.56 Å². The molecule has 2 aromatic carbocycles. The number of amides is 1. The van der Waals surface area contributed by atoms with Crippen molar-refractivity contribution in [2.45, 2.75) is 19.5 Å². The van der Waals surface area contributed by atoms with Gasteiger partial charge in [-0.05, 0) is 28.8 Å². The molecule has 3 N–H and O–H groups in total. The molecule has 1 fully saturated rings. The third-order valence-corrected chi connectivity index (χ3v) is 8.00. The number of anilines is 1. The zero-order valence-electron chi connectivity index (χ0n) is 19.9. The lowest BCUT2D eigenvalue weighted by Crippen LogP contribution is -2.31. The molecule has 0 atom stereocenters. The van der Waals surface area contributed by atoms with E-state index < -0.39 is 5.91 Å². The number of thioether (sulfide) groups is 1. The van der Waals surface area contributed by atoms with Crippen molar-refractivity contribution in [2.75, 3.05) is 36.0 Å². The topological polar surface area (TPSA) is 97.4 Å². The lowest BCUT2D eigenvalue weighted by atomic mass is 9.99. The number of nitrogens with zero attached hydrogens (tertiary/aromatic N) is 4. The Morgan fingerprint density at radius 3 is 2.53 bits per heavy atom. The van der Waals surface area contributed by atoms with Crippen LogP contribution in [0.1, 0.15) is 27.2 Å². The van der Waals surface area contributed by atoms with Gasteiger partial charge in [0.1, 0.15) is 0 Å². The van der Waals surface area contributed by atoms with Crippen LogP contribution in [0.4, 0.5) is 5.95 Å². The van der Waals surface area contributed by atoms with E-state index in [0.29, 0.717) is 12.5 Å². The van der Waals surface area contributed by atoms with E-state index in [1.54, 1.807) is 5.48 Å². The number of aromatic amines is 1. The fourth-order valence-corrected chi connectivity index (χ4v) is 6.03. The average molecular weight is 501 g/mol. The maximum absolute atomic E-state index is 11.6. The second kappa shape index (κ2) is 9.93. The van der Waals surface area contributed by atoms with E-state index in [-0.39, 0.29) is 5.56 Å². The first-order chi connectivity index (χ1) is 17.7. The summed E-state index contributed by atoms with van der Waals surface area (Å²) in [6.45, 7) is 4.85. The van der Waals surface area contributed by atoms with Crippen LogP contribution in [0.15, 0.2) is 54.9 Å². The van der Waals surface area contributed by atoms with Crippen molar-refractivity contribution in [2.24, 2.45) is 0 Å². The molecule has 1 saturated heterocycles. The molecule has 2 aliphatic heterocycles. The van der Waals surface area contributed by atoms with Crippen molar-refractivity contribution < 1.29 is 10.0 Å². The van der Waals surface area contributed by atoms with Crippen molar-refractivity contribution in [3.8, 4) is 11.1 Å². The molecule has 36 heavy (non-hydrogen) atoms. The van der Waals surface area contributed by atoms with Crippen LogP contribution in [0.25, 0.3) is 22.0 Å². The van der Waals surface area contributed by atoms with Crippen molar-refractivity contribution in [1.29, 1.82) is 0 Å². The number of H-pyrrole nitrogens is 1. The van der Waals surface area contributed by atoms with Gasteiger partial charge < -0.3 is 9.88 Å². The molecule has 9 heteroatoms. The largest absolute Gasteiger partial charge is 0.358 e. The highest BCUT2D eigenvalue weighted by atomic mass is 32.2. The smallest absolute Gasteiger partial charge is 0.277 e. The minimum absolute atomic E-state index is 0.219. The van der Waals surface area contributed by atoms with E-state index in [1.807, 2.05) is 11.8 Å². The Bertz CT molecular complexity index is 1380. The number of hydrogen-bond acceptors (Lipinski definition) is 7. The summed E-state index contributed by atoms with van der Waals surface area (Å²) >= 11 is 2.04. The van der Waals surface area contributed by atoms with E-state index in [9.17, 15) is 4.79 Å². The molecule has 0 bridgehead atoms. The number of hydrogen-bond donors (Lipinski definition) is 3. The van der Waals surface area contributed by atoms with Gasteiger partial charge in [0.15, 0.2) is 0 Å². The van der Waals surface area contributed by atoms with Gasteiger partial charge in [0.2, 0.25) is 5.95 Å². The maximum Gasteiger partial charge on any atom is 0.277 e. The summed E-state index contributed by atoms with van der Waals surface area (Å²) in [5.41, 5.74) is 9.28. The average Bonchev–Trinajstić information content (AvgIpc) is 3.31. The van der Waals surface area contributed by atoms with Gasteiger partial charge in [-0.25, -0.2) is 15.4 Å². The number of carbonyl (C=O) groups is 1. The third kappa shape index (κ3) is 4.57. The first-order valence-corrected chi connectivity index (χ1v) is 13.4. The Hall–Kier alpha value is -3.40. The second-order valence-electron chi connectivity index (χ2n) is 9.31. The van der Waals surface area contributed by atoms with Crippen LogP contribution in [-0.2, 0) is 19.5 Å². The standard InChI is InChI=1S/C27H28N6O2S/c34-26(31-35)21-14-28-27(29-15-21)33-8-7-25-23(17-33)22-13-20(5-6-24(22)30-25)19-3-1-18(2-4-19)16-32-9-11-36-12-10-32/h1-6,13-15,30,35H,7-12,16-17H2,(H,31,34). The lowest BCUT2D eigenvalue weighted by molar-refractivity contribution is 0.0705. The van der Waals surface area contributed by atoms with Crippen LogP contribution >= 0.6 is 11.8 Å². The van der Waals surface area contributed by atoms with Gasteiger partial charge in [-0.2, -0.15) is 11.8 Å². The summed E-state index contributed by atoms with van der Waals surface area (Å²) < 4.78 is 0. The number of benzene rings is 2. The highest BCUT2D eigenvalue weighted by molar-refractivity contribution is 7.99. The number of hydroxylamine groups is 1. The van der Waals surface area contributed by atoms with E-state index in [2.05, 4.69) is 67.2 Å². The fraction of sp³-hybridized carbons (Fsp3) is 0.296. The number of fused-ring (bicyclic) bond motifs is 3. The summed E-state index contributed by atoms with van der Waals surface area (Å²) in [5, 5.41) is 10.0. The molecular formula is C27H28N6O2S. The van der Waals surface area contributed by atoms with Gasteiger partial charge in [0, 0.05) is 85.2 Å². The van der Waals surface area contributed by atoms with Crippen LogP contribution < -0.4 is 10.4 Å². The van der Waals surface area contributed by atoms with Gasteiger partial charge in [0.25, 0.3) is 5.91 Å². The van der Waals surface area contributed by atoms with Crippen molar-refractivity contribution in [1.82, 2.24) is 25.3 Å². The molecule has 0 spiro atoms. The van der Waals surface area contributed by atoms with Gasteiger partial charge in [-0.1, -0.05) is 30.3 Å². The van der Waals surface area contributed by atoms with Crippen LogP contribution in [0.2, 0.25) is 0 Å². The normalized spacial score (nSPS) is 16.2. The lowest BCUT2D eigenvalue weighted by Gasteiger charge is -2.27. The van der Waals surface area contributed by atoms with E-state index in [4.69, 9.17) is 5.21 Å². The Morgan fingerprint density at radius 1 is 1.03 bits per heavy atom. The molecule has 6 rings (SSSR count). The van der Waals surface area contributed by atoms with Gasteiger partial charge in [-0.15, -0.1) is 0 Å². The van der Waals surface area contributed by atoms with Crippen molar-refractivity contribution in [3.05, 3.63) is 77.2 Å². The van der Waals surface area contributed by atoms with Crippen molar-refractivity contribution >= 4 is 34.5 Å². The Balaban J connectivity index is 1.23. The summed E-state index contributed by atoms with van der Waals surface area (Å²) in [5.74, 6) is 2.41. The molecule has 0 saturated carbocycles. The molecule has 4 aromatic rings. The van der Waals surface area contributed by atoms with Gasteiger partial charge >= 0.3 is 0 Å². The minimum atomic E-state index is -0.620. The van der Waals surface area contributed by atoms with Crippen LogP contribution in [0.5, 0.6) is 0 Å². The van der Waals surface area contributed by atoms with Gasteiger partial charge in [-0.3, -0.25) is 14.9 Å². The minimum Gasteiger partial charge on any atom is -0.358 e. The number of nitrogens with one attached hydrogen (secondary N) is 2. The Morgan fingerprint density at radius 2 is 1.78 bits per heavy atom. The molecule has 0 radical (unpaired) electrons. The Kier molecular flexibility index (Phi) is 6.35. The zero-order chi connectivity index (χ0) is 24.5.